The number of anilines is 1. The number of halogens is 3. The Bertz CT molecular complexity index is 999. The second-order valence-electron chi connectivity index (χ2n) is 7.28. The van der Waals surface area contributed by atoms with Gasteiger partial charge in [0.25, 0.3) is 0 Å². The highest BCUT2D eigenvalue weighted by molar-refractivity contribution is 5.53. The van der Waals surface area contributed by atoms with Crippen LogP contribution < -0.4 is 5.32 Å². The fourth-order valence-electron chi connectivity index (χ4n) is 3.18. The van der Waals surface area contributed by atoms with Crippen LogP contribution in [0.15, 0.2) is 30.5 Å². The first-order valence-corrected chi connectivity index (χ1v) is 9.37. The van der Waals surface area contributed by atoms with E-state index in [1.54, 1.807) is 18.2 Å². The van der Waals surface area contributed by atoms with Gasteiger partial charge in [0, 0.05) is 30.6 Å². The van der Waals surface area contributed by atoms with Gasteiger partial charge in [-0.3, -0.25) is 4.98 Å². The molecule has 29 heavy (non-hydrogen) atoms. The van der Waals surface area contributed by atoms with E-state index in [4.69, 9.17) is 0 Å². The van der Waals surface area contributed by atoms with Crippen LogP contribution in [0.1, 0.15) is 43.5 Å². The van der Waals surface area contributed by atoms with Crippen LogP contribution in [0.2, 0.25) is 0 Å². The van der Waals surface area contributed by atoms with Crippen molar-refractivity contribution in [2.75, 3.05) is 5.32 Å². The average Bonchev–Trinajstić information content (AvgIpc) is 3.11. The molecule has 1 atom stereocenters. The normalized spacial score (nSPS) is 16.7. The summed E-state index contributed by atoms with van der Waals surface area (Å²) in [7, 11) is 0. The van der Waals surface area contributed by atoms with Crippen molar-refractivity contribution in [2.24, 2.45) is 0 Å². The van der Waals surface area contributed by atoms with Gasteiger partial charge >= 0.3 is 6.18 Å². The topological polar surface area (TPSA) is 81.4 Å². The molecule has 7 nitrogen and oxygen atoms in total. The third kappa shape index (κ3) is 4.20. The molecule has 0 saturated heterocycles. The van der Waals surface area contributed by atoms with Crippen molar-refractivity contribution < 1.29 is 13.2 Å². The summed E-state index contributed by atoms with van der Waals surface area (Å²) in [4.78, 5) is 16.5. The number of aromatic nitrogens is 6. The zero-order chi connectivity index (χ0) is 20.6. The lowest BCUT2D eigenvalue weighted by Crippen LogP contribution is -2.32. The molecule has 0 amide bonds. The number of pyridine rings is 1. The molecule has 0 saturated carbocycles. The Morgan fingerprint density at radius 2 is 2.00 bits per heavy atom. The second-order valence-corrected chi connectivity index (χ2v) is 7.28. The minimum atomic E-state index is -4.58. The molecule has 3 aromatic rings. The van der Waals surface area contributed by atoms with Crippen LogP contribution in [0.5, 0.6) is 0 Å². The van der Waals surface area contributed by atoms with Crippen LogP contribution in [0.3, 0.4) is 0 Å². The molecule has 152 valence electrons. The molecule has 1 aliphatic rings. The van der Waals surface area contributed by atoms with Gasteiger partial charge in [-0.2, -0.15) is 18.3 Å². The summed E-state index contributed by atoms with van der Waals surface area (Å²) in [5.41, 5.74) is -0.722. The molecule has 10 heteroatoms. The standard InChI is InChI=1S/C19H20F3N7/c1-11(2)17-27-16-7-6-12(10-29(16)28-17)24-15-9-14(19(20,21)22)25-18(26-15)13-5-3-4-8-23-13/h3-5,8-9,11-12H,6-7,10H2,1-2H3,(H,24,25,26). The van der Waals surface area contributed by atoms with Crippen LogP contribution in [0.25, 0.3) is 11.5 Å². The molecular formula is C19H20F3N7. The maximum atomic E-state index is 13.4. The van der Waals surface area contributed by atoms with E-state index in [9.17, 15) is 13.2 Å². The number of alkyl halides is 3. The van der Waals surface area contributed by atoms with Crippen molar-refractivity contribution >= 4 is 5.82 Å². The molecule has 1 N–H and O–H groups in total. The molecule has 1 aliphatic heterocycles. The quantitative estimate of drug-likeness (QED) is 0.715. The van der Waals surface area contributed by atoms with Crippen LogP contribution in [-0.4, -0.2) is 35.8 Å². The number of nitrogens with one attached hydrogen (secondary N) is 1. The van der Waals surface area contributed by atoms with E-state index in [0.29, 0.717) is 13.0 Å². The number of hydrogen-bond donors (Lipinski definition) is 1. The highest BCUT2D eigenvalue weighted by Crippen LogP contribution is 2.31. The molecule has 0 spiro atoms. The van der Waals surface area contributed by atoms with Crippen molar-refractivity contribution in [3.8, 4) is 11.5 Å². The van der Waals surface area contributed by atoms with Crippen molar-refractivity contribution in [3.05, 3.63) is 47.8 Å². The van der Waals surface area contributed by atoms with Gasteiger partial charge in [0.15, 0.2) is 17.3 Å². The zero-order valence-corrected chi connectivity index (χ0v) is 16.0. The lowest BCUT2D eigenvalue weighted by atomic mass is 10.1. The van der Waals surface area contributed by atoms with E-state index in [2.05, 4.69) is 30.4 Å². The number of nitrogens with zero attached hydrogens (tertiary/aromatic N) is 6. The summed E-state index contributed by atoms with van der Waals surface area (Å²) in [5.74, 6) is 1.95. The third-order valence-electron chi connectivity index (χ3n) is 4.65. The number of aryl methyl sites for hydroxylation is 1. The Balaban J connectivity index is 1.61. The van der Waals surface area contributed by atoms with Crippen molar-refractivity contribution in [1.82, 2.24) is 29.7 Å². The van der Waals surface area contributed by atoms with Crippen molar-refractivity contribution in [3.63, 3.8) is 0 Å². The van der Waals surface area contributed by atoms with Crippen LogP contribution >= 0.6 is 0 Å². The van der Waals surface area contributed by atoms with Gasteiger partial charge < -0.3 is 5.32 Å². The Labute approximate surface area is 165 Å². The van der Waals surface area contributed by atoms with Gasteiger partial charge in [-0.05, 0) is 18.6 Å². The predicted molar refractivity (Wildman–Crippen MR) is 100 cm³/mol. The average molecular weight is 403 g/mol. The number of fused-ring (bicyclic) bond motifs is 1. The second kappa shape index (κ2) is 7.41. The minimum absolute atomic E-state index is 0.0673. The fraction of sp³-hybridized carbons (Fsp3) is 0.421. The minimum Gasteiger partial charge on any atom is -0.365 e. The lowest BCUT2D eigenvalue weighted by molar-refractivity contribution is -0.141. The Morgan fingerprint density at radius 3 is 2.69 bits per heavy atom. The molecule has 0 aromatic carbocycles. The first-order valence-electron chi connectivity index (χ1n) is 9.37. The molecule has 3 aromatic heterocycles. The summed E-state index contributed by atoms with van der Waals surface area (Å²) >= 11 is 0. The maximum Gasteiger partial charge on any atom is 0.433 e. The zero-order valence-electron chi connectivity index (χ0n) is 16.0. The van der Waals surface area contributed by atoms with Crippen LogP contribution in [0, 0.1) is 0 Å². The van der Waals surface area contributed by atoms with E-state index < -0.39 is 11.9 Å². The molecule has 4 heterocycles. The summed E-state index contributed by atoms with van der Waals surface area (Å²) in [6.45, 7) is 4.56. The van der Waals surface area contributed by atoms with Gasteiger partial charge in [0.05, 0.1) is 6.54 Å². The molecule has 0 radical (unpaired) electrons. The Kier molecular flexibility index (Phi) is 4.93. The summed E-state index contributed by atoms with van der Waals surface area (Å²) in [6, 6.07) is 5.76. The fourth-order valence-corrected chi connectivity index (χ4v) is 3.18. The van der Waals surface area contributed by atoms with E-state index >= 15 is 0 Å². The SMILES string of the molecule is CC(C)c1nc2n(n1)CC(Nc1cc(C(F)(F)F)nc(-c3ccccn3)n1)CC2. The van der Waals surface area contributed by atoms with E-state index in [1.807, 2.05) is 18.5 Å². The van der Waals surface area contributed by atoms with Gasteiger partial charge in [-0.15, -0.1) is 0 Å². The maximum absolute atomic E-state index is 13.4. The van der Waals surface area contributed by atoms with Crippen LogP contribution in [-0.2, 0) is 19.1 Å². The van der Waals surface area contributed by atoms with Crippen LogP contribution in [0.4, 0.5) is 19.0 Å². The summed E-state index contributed by atoms with van der Waals surface area (Å²) in [6.07, 6.45) is -1.67. The van der Waals surface area contributed by atoms with E-state index in [0.717, 1.165) is 24.1 Å². The van der Waals surface area contributed by atoms with Gasteiger partial charge in [0.2, 0.25) is 0 Å². The predicted octanol–water partition coefficient (Wildman–Crippen LogP) is 3.70. The van der Waals surface area contributed by atoms with Gasteiger partial charge in [-0.25, -0.2) is 19.6 Å². The van der Waals surface area contributed by atoms with Gasteiger partial charge in [0.1, 0.15) is 17.3 Å². The Hall–Kier alpha value is -3.04. The monoisotopic (exact) mass is 403 g/mol. The molecule has 0 fully saturated rings. The van der Waals surface area contributed by atoms with Gasteiger partial charge in [-0.1, -0.05) is 19.9 Å². The number of hydrogen-bond acceptors (Lipinski definition) is 6. The molecule has 0 aliphatic carbocycles. The Morgan fingerprint density at radius 1 is 1.17 bits per heavy atom. The van der Waals surface area contributed by atoms with E-state index in [-0.39, 0.29) is 29.3 Å². The summed E-state index contributed by atoms with van der Waals surface area (Å²) < 4.78 is 41.9. The first kappa shape index (κ1) is 19.3. The first-order chi connectivity index (χ1) is 13.8. The van der Waals surface area contributed by atoms with Crippen molar-refractivity contribution in [1.29, 1.82) is 0 Å². The molecular weight excluding hydrogens is 383 g/mol. The summed E-state index contributed by atoms with van der Waals surface area (Å²) in [5, 5.41) is 7.62. The smallest absolute Gasteiger partial charge is 0.365 e. The lowest BCUT2D eigenvalue weighted by Gasteiger charge is -2.24. The number of rotatable bonds is 4. The molecule has 4 rings (SSSR count). The van der Waals surface area contributed by atoms with E-state index in [1.165, 1.54) is 6.20 Å². The third-order valence-corrected chi connectivity index (χ3v) is 4.65. The largest absolute Gasteiger partial charge is 0.433 e. The molecule has 1 unspecified atom stereocenters. The highest BCUT2D eigenvalue weighted by atomic mass is 19.4. The highest BCUT2D eigenvalue weighted by Gasteiger charge is 2.34. The molecule has 0 bridgehead atoms. The van der Waals surface area contributed by atoms with Crippen molar-refractivity contribution in [2.45, 2.75) is 51.4 Å².